The maximum atomic E-state index is 10.5. The van der Waals surface area contributed by atoms with Gasteiger partial charge in [-0.05, 0) is 146 Å². The zero-order valence-corrected chi connectivity index (χ0v) is 37.8. The van der Waals surface area contributed by atoms with Crippen LogP contribution in [-0.4, -0.2) is 91.7 Å². The van der Waals surface area contributed by atoms with E-state index in [0.717, 1.165) is 53.9 Å². The second kappa shape index (κ2) is 26.5. The van der Waals surface area contributed by atoms with E-state index in [2.05, 4.69) is 70.0 Å². The van der Waals surface area contributed by atoms with E-state index < -0.39 is 24.1 Å². The Morgan fingerprint density at radius 3 is 1.70 bits per heavy atom. The molecule has 56 heavy (non-hydrogen) atoms. The Morgan fingerprint density at radius 2 is 1.27 bits per heavy atom. The number of ether oxygens (including phenoxy) is 1. The quantitative estimate of drug-likeness (QED) is 0.0496. The van der Waals surface area contributed by atoms with Gasteiger partial charge in [-0.15, -0.1) is 34.4 Å². The number of halogens is 2. The number of carboxylic acids is 2. The summed E-state index contributed by atoms with van der Waals surface area (Å²) >= 11 is 11.9. The average molecular weight is 963 g/mol. The summed E-state index contributed by atoms with van der Waals surface area (Å²) < 4.78 is 7.23. The molecule has 2 aromatic heterocycles. The number of carbonyl (C=O) groups is 2. The van der Waals surface area contributed by atoms with Gasteiger partial charge in [0.2, 0.25) is 0 Å². The lowest BCUT2D eigenvalue weighted by Crippen LogP contribution is -2.18. The molecule has 0 amide bonds. The van der Waals surface area contributed by atoms with Gasteiger partial charge in [0.1, 0.15) is 6.61 Å². The molecule has 9 nitrogen and oxygen atoms in total. The van der Waals surface area contributed by atoms with Gasteiger partial charge in [-0.25, -0.2) is 4.79 Å². The van der Waals surface area contributed by atoms with E-state index in [9.17, 15) is 30.0 Å². The summed E-state index contributed by atoms with van der Waals surface area (Å²) in [4.78, 5) is 25.9. The monoisotopic (exact) mass is 960 g/mol. The van der Waals surface area contributed by atoms with Crippen molar-refractivity contribution in [3.63, 3.8) is 0 Å². The van der Waals surface area contributed by atoms with E-state index in [0.29, 0.717) is 25.0 Å². The van der Waals surface area contributed by atoms with Crippen molar-refractivity contribution < 1.29 is 45.0 Å². The van der Waals surface area contributed by atoms with Crippen molar-refractivity contribution in [1.82, 2.24) is 0 Å². The third-order valence-corrected chi connectivity index (χ3v) is 15.3. The molecule has 6 N–H and O–H groups in total. The highest BCUT2D eigenvalue weighted by atomic mass is 79.9. The maximum absolute atomic E-state index is 10.5. The molecule has 2 heterocycles. The van der Waals surface area contributed by atoms with Crippen molar-refractivity contribution >= 4 is 78.2 Å². The molecule has 0 saturated heterocycles. The summed E-state index contributed by atoms with van der Waals surface area (Å²) in [5, 5.41) is 58.2. The number of hydrogen-bond donors (Lipinski definition) is 6. The molecule has 2 aliphatic rings. The van der Waals surface area contributed by atoms with Gasteiger partial charge in [0.15, 0.2) is 0 Å². The van der Waals surface area contributed by atoms with Crippen LogP contribution in [0.4, 0.5) is 0 Å². The van der Waals surface area contributed by atoms with Crippen LogP contribution in [0.2, 0.25) is 0 Å². The number of rotatable bonds is 22. The fourth-order valence-electron chi connectivity index (χ4n) is 6.96. The summed E-state index contributed by atoms with van der Waals surface area (Å²) in [6.07, 6.45) is 22.0. The fourth-order valence-corrected chi connectivity index (χ4v) is 10.8. The average Bonchev–Trinajstić information content (AvgIpc) is 3.89. The zero-order chi connectivity index (χ0) is 41.0. The van der Waals surface area contributed by atoms with Gasteiger partial charge >= 0.3 is 11.9 Å². The van der Waals surface area contributed by atoms with Crippen LogP contribution in [-0.2, 0) is 27.2 Å². The topological polar surface area (TPSA) is 165 Å². The normalized spacial score (nSPS) is 23.8. The first-order valence-corrected chi connectivity index (χ1v) is 23.6. The first kappa shape index (κ1) is 48.8. The van der Waals surface area contributed by atoms with Crippen LogP contribution >= 0.6 is 66.3 Å². The molecule has 312 valence electrons. The van der Waals surface area contributed by atoms with Crippen LogP contribution in [0.1, 0.15) is 70.9 Å². The molecule has 8 atom stereocenters. The molecule has 2 aromatic rings. The molecular formula is C42H58Br2O9S3. The van der Waals surface area contributed by atoms with Crippen LogP contribution in [0.3, 0.4) is 0 Å². The lowest BCUT2D eigenvalue weighted by atomic mass is 9.90. The molecule has 0 spiro atoms. The van der Waals surface area contributed by atoms with Crippen LogP contribution in [0, 0.1) is 37.5 Å². The molecule has 14 heteroatoms. The number of aryl methyl sites for hydroxylation is 4. The van der Waals surface area contributed by atoms with E-state index >= 15 is 0 Å². The largest absolute Gasteiger partial charge is 0.481 e. The van der Waals surface area contributed by atoms with Crippen molar-refractivity contribution in [2.24, 2.45) is 23.7 Å². The van der Waals surface area contributed by atoms with Gasteiger partial charge in [-0.3, -0.25) is 4.79 Å². The highest BCUT2D eigenvalue weighted by molar-refractivity contribution is 9.10. The number of aliphatic hydroxyl groups is 4. The SMILES string of the molecule is Cc1sc(CC[C@H](O)/C=C/[C@H]2CCC(O)[C@@H]2C/C=C\COCC(=O)O)cc1Br.Cc1sc(CC[C@H](O)/C=C/[C@H]2CCC(O)[C@@H]2C/C=C\CSCC(=O)O)cc1Br. The Bertz CT molecular complexity index is 1450. The van der Waals surface area contributed by atoms with Crippen LogP contribution in [0.15, 0.2) is 69.7 Å². The molecule has 0 aliphatic heterocycles. The number of aliphatic hydroxyl groups excluding tert-OH is 4. The standard InChI is InChI=1S/C21H29BrO5S.C21H29BrO4S2/c2*1-14-19(22)12-17(28-14)9-8-16(23)7-5-15-6-10-20(24)18(15)4-2-3-11-27-13-21(25)26/h2*2-3,5,7,12,15-16,18,20,23-24H,4,6,8-11,13H2,1H3,(H,25,26)/b2*3-2-,7-5+/t2*15-,16+,18+,20?/m00/s1. The Hall–Kier alpha value is -1.59. The predicted octanol–water partition coefficient (Wildman–Crippen LogP) is 8.92. The molecule has 0 radical (unpaired) electrons. The highest BCUT2D eigenvalue weighted by Crippen LogP contribution is 2.37. The summed E-state index contributed by atoms with van der Waals surface area (Å²) in [5.74, 6) is -0.184. The van der Waals surface area contributed by atoms with Crippen molar-refractivity contribution in [3.8, 4) is 0 Å². The molecule has 0 aromatic carbocycles. The van der Waals surface area contributed by atoms with Crippen LogP contribution in [0.5, 0.6) is 0 Å². The Balaban J connectivity index is 0.000000300. The third kappa shape index (κ3) is 18.6. The summed E-state index contributed by atoms with van der Waals surface area (Å²) in [7, 11) is 0. The first-order chi connectivity index (χ1) is 26.7. The Morgan fingerprint density at radius 1 is 0.786 bits per heavy atom. The minimum atomic E-state index is -0.981. The van der Waals surface area contributed by atoms with Gasteiger partial charge in [0, 0.05) is 34.2 Å². The van der Waals surface area contributed by atoms with Crippen molar-refractivity contribution in [3.05, 3.63) is 89.2 Å². The first-order valence-electron chi connectivity index (χ1n) is 19.2. The zero-order valence-electron chi connectivity index (χ0n) is 32.2. The summed E-state index contributed by atoms with van der Waals surface area (Å²) in [5.41, 5.74) is 0. The predicted molar refractivity (Wildman–Crippen MR) is 236 cm³/mol. The van der Waals surface area contributed by atoms with Gasteiger partial charge in [-0.2, -0.15) is 0 Å². The van der Waals surface area contributed by atoms with E-state index in [1.807, 2.05) is 30.4 Å². The van der Waals surface area contributed by atoms with Gasteiger partial charge < -0.3 is 35.4 Å². The molecule has 4 rings (SSSR count). The molecular weight excluding hydrogens is 904 g/mol. The highest BCUT2D eigenvalue weighted by Gasteiger charge is 2.33. The van der Waals surface area contributed by atoms with Crippen molar-refractivity contribution in [1.29, 1.82) is 0 Å². The lowest BCUT2D eigenvalue weighted by Gasteiger charge is -2.18. The Labute approximate surface area is 360 Å². The molecule has 2 fully saturated rings. The summed E-state index contributed by atoms with van der Waals surface area (Å²) in [6, 6.07) is 4.24. The van der Waals surface area contributed by atoms with Crippen molar-refractivity contribution in [2.45, 2.75) is 102 Å². The number of carboxylic acid groups (broad SMARTS) is 2. The fraction of sp³-hybridized carbons (Fsp3) is 0.571. The number of aliphatic carboxylic acids is 2. The molecule has 2 aliphatic carbocycles. The van der Waals surface area contributed by atoms with Gasteiger partial charge in [-0.1, -0.05) is 48.6 Å². The summed E-state index contributed by atoms with van der Waals surface area (Å²) in [6.45, 7) is 4.11. The van der Waals surface area contributed by atoms with Crippen LogP contribution in [0.25, 0.3) is 0 Å². The molecule has 2 saturated carbocycles. The Kier molecular flexibility index (Phi) is 23.1. The maximum Gasteiger partial charge on any atom is 0.329 e. The van der Waals surface area contributed by atoms with E-state index in [1.54, 1.807) is 28.7 Å². The van der Waals surface area contributed by atoms with E-state index in [-0.39, 0.29) is 54.8 Å². The number of thioether (sulfide) groups is 1. The van der Waals surface area contributed by atoms with Gasteiger partial charge in [0.25, 0.3) is 0 Å². The van der Waals surface area contributed by atoms with E-state index in [4.69, 9.17) is 14.9 Å². The van der Waals surface area contributed by atoms with Crippen molar-refractivity contribution in [2.75, 3.05) is 24.7 Å². The number of hydrogen-bond acceptors (Lipinski definition) is 10. The second-order valence-electron chi connectivity index (χ2n) is 14.4. The smallest absolute Gasteiger partial charge is 0.329 e. The minimum Gasteiger partial charge on any atom is -0.481 e. The lowest BCUT2D eigenvalue weighted by molar-refractivity contribution is -0.141. The van der Waals surface area contributed by atoms with Crippen LogP contribution < -0.4 is 0 Å². The minimum absolute atomic E-state index is 0.113. The van der Waals surface area contributed by atoms with Gasteiger partial charge in [0.05, 0.1) is 36.8 Å². The second-order valence-corrected chi connectivity index (χ2v) is 19.8. The number of thiophene rings is 2. The molecule has 0 bridgehead atoms. The third-order valence-electron chi connectivity index (χ3n) is 10.1. The number of allylic oxidation sites excluding steroid dienone is 4. The molecule has 2 unspecified atom stereocenters. The van der Waals surface area contributed by atoms with E-state index in [1.165, 1.54) is 31.3 Å².